The summed E-state index contributed by atoms with van der Waals surface area (Å²) in [6.07, 6.45) is 4.54. The Balaban J connectivity index is 1.58. The number of hydrogen-bond acceptors (Lipinski definition) is 6. The Kier molecular flexibility index (Phi) is 6.59. The van der Waals surface area contributed by atoms with Crippen molar-refractivity contribution in [3.63, 3.8) is 0 Å². The zero-order valence-corrected chi connectivity index (χ0v) is 21.7. The Morgan fingerprint density at radius 3 is 2.44 bits per heavy atom. The van der Waals surface area contributed by atoms with E-state index in [1.54, 1.807) is 33.3 Å². The Hall–Kier alpha value is -3.21. The van der Waals surface area contributed by atoms with Crippen LogP contribution in [-0.4, -0.2) is 46.7 Å². The molecule has 0 saturated carbocycles. The van der Waals surface area contributed by atoms with E-state index in [1.807, 2.05) is 42.6 Å². The largest absolute Gasteiger partial charge is 0.378 e. The first-order valence-electron chi connectivity index (χ1n) is 11.7. The number of para-hydroxylation sites is 1. The zero-order chi connectivity index (χ0) is 25.4. The molecule has 3 aromatic rings. The van der Waals surface area contributed by atoms with Crippen molar-refractivity contribution in [2.75, 3.05) is 13.1 Å². The number of rotatable bonds is 5. The Morgan fingerprint density at radius 2 is 1.78 bits per heavy atom. The Bertz CT molecular complexity index is 1470. The Labute approximate surface area is 215 Å². The summed E-state index contributed by atoms with van der Waals surface area (Å²) in [6.45, 7) is 5.20. The fourth-order valence-electron chi connectivity index (χ4n) is 4.75. The number of sulfonamides is 1. The molecule has 8 nitrogen and oxygen atoms in total. The van der Waals surface area contributed by atoms with E-state index in [2.05, 4.69) is 18.8 Å². The van der Waals surface area contributed by atoms with Crippen molar-refractivity contribution < 1.29 is 13.2 Å². The molecule has 0 bridgehead atoms. The van der Waals surface area contributed by atoms with Gasteiger partial charge in [0.2, 0.25) is 10.0 Å². The summed E-state index contributed by atoms with van der Waals surface area (Å²) in [6, 6.07) is 16.4. The molecule has 0 aliphatic carbocycles. The molecule has 2 atom stereocenters. The molecule has 1 aromatic heterocycles. The molecule has 186 valence electrons. The van der Waals surface area contributed by atoms with Gasteiger partial charge in [0.05, 0.1) is 15.5 Å². The standard InChI is InChI=1S/C26H27N5O3S2/c1-17-11-18(2)15-30(14-17)36(33,34)22-10-6-7-19(12-22)24-20(13-23-25(32)28-26(27)35-23)16-31(29-24)21-8-4-3-5-9-21/h3-10,12-13,16-18H,11,14-15H2,1-2H3,(H2,27,28,32)/b23-13-. The molecule has 0 spiro atoms. The van der Waals surface area contributed by atoms with E-state index < -0.39 is 15.9 Å². The number of nitrogens with zero attached hydrogens (tertiary/aromatic N) is 4. The van der Waals surface area contributed by atoms with E-state index in [4.69, 9.17) is 10.8 Å². The van der Waals surface area contributed by atoms with Crippen LogP contribution >= 0.6 is 11.8 Å². The van der Waals surface area contributed by atoms with Gasteiger partial charge in [-0.1, -0.05) is 44.2 Å². The second-order valence-electron chi connectivity index (χ2n) is 9.37. The van der Waals surface area contributed by atoms with Crippen LogP contribution in [0.5, 0.6) is 0 Å². The van der Waals surface area contributed by atoms with Crippen LogP contribution < -0.4 is 5.73 Å². The minimum Gasteiger partial charge on any atom is -0.378 e. The van der Waals surface area contributed by atoms with Crippen LogP contribution in [-0.2, 0) is 14.8 Å². The predicted octanol–water partition coefficient (Wildman–Crippen LogP) is 4.13. The van der Waals surface area contributed by atoms with E-state index in [-0.39, 0.29) is 10.1 Å². The zero-order valence-electron chi connectivity index (χ0n) is 20.0. The van der Waals surface area contributed by atoms with Crippen molar-refractivity contribution in [1.82, 2.24) is 14.1 Å². The second-order valence-corrected chi connectivity index (χ2v) is 12.4. The first-order chi connectivity index (χ1) is 17.2. The maximum atomic E-state index is 13.5. The van der Waals surface area contributed by atoms with Crippen molar-refractivity contribution in [3.8, 4) is 16.9 Å². The number of carbonyl (C=O) groups excluding carboxylic acids is 1. The van der Waals surface area contributed by atoms with Gasteiger partial charge in [0.1, 0.15) is 5.69 Å². The molecular formula is C26H27N5O3S2. The van der Waals surface area contributed by atoms with Gasteiger partial charge in [-0.05, 0) is 60.4 Å². The molecule has 1 saturated heterocycles. The predicted molar refractivity (Wildman–Crippen MR) is 143 cm³/mol. The molecule has 1 fully saturated rings. The van der Waals surface area contributed by atoms with E-state index >= 15 is 0 Å². The van der Waals surface area contributed by atoms with Crippen molar-refractivity contribution in [3.05, 3.63) is 71.3 Å². The number of amides is 1. The van der Waals surface area contributed by atoms with Crippen molar-refractivity contribution in [1.29, 1.82) is 0 Å². The van der Waals surface area contributed by atoms with Crippen LogP contribution in [0.4, 0.5) is 0 Å². The van der Waals surface area contributed by atoms with E-state index in [0.29, 0.717) is 46.7 Å². The van der Waals surface area contributed by atoms with Gasteiger partial charge in [0, 0.05) is 30.4 Å². The minimum absolute atomic E-state index is 0.196. The van der Waals surface area contributed by atoms with E-state index in [9.17, 15) is 13.2 Å². The lowest BCUT2D eigenvalue weighted by Crippen LogP contribution is -2.42. The number of benzene rings is 2. The van der Waals surface area contributed by atoms with Gasteiger partial charge in [-0.25, -0.2) is 13.1 Å². The number of carbonyl (C=O) groups is 1. The van der Waals surface area contributed by atoms with Gasteiger partial charge in [-0.3, -0.25) is 4.79 Å². The highest BCUT2D eigenvalue weighted by molar-refractivity contribution is 8.18. The van der Waals surface area contributed by atoms with E-state index in [0.717, 1.165) is 23.9 Å². The highest BCUT2D eigenvalue weighted by Crippen LogP contribution is 2.33. The minimum atomic E-state index is -3.66. The Morgan fingerprint density at radius 1 is 1.06 bits per heavy atom. The number of thioether (sulfide) groups is 1. The monoisotopic (exact) mass is 521 g/mol. The first-order valence-corrected chi connectivity index (χ1v) is 14.0. The molecule has 2 aromatic carbocycles. The summed E-state index contributed by atoms with van der Waals surface area (Å²) in [4.78, 5) is 16.7. The maximum absolute atomic E-state index is 13.5. The summed E-state index contributed by atoms with van der Waals surface area (Å²) >= 11 is 1.10. The average Bonchev–Trinajstić information content (AvgIpc) is 3.41. The summed E-state index contributed by atoms with van der Waals surface area (Å²) in [7, 11) is -3.66. The number of aromatic nitrogens is 2. The molecule has 2 aliphatic heterocycles. The number of nitrogens with two attached hydrogens (primary N) is 1. The lowest BCUT2D eigenvalue weighted by Gasteiger charge is -2.34. The third-order valence-electron chi connectivity index (χ3n) is 6.27. The summed E-state index contributed by atoms with van der Waals surface area (Å²) in [5.74, 6) is 0.214. The van der Waals surface area contributed by atoms with Crippen LogP contribution in [0, 0.1) is 11.8 Å². The van der Waals surface area contributed by atoms with Gasteiger partial charge in [-0.15, -0.1) is 0 Å². The molecule has 36 heavy (non-hydrogen) atoms. The topological polar surface area (TPSA) is 111 Å². The molecule has 2 aliphatic rings. The fourth-order valence-corrected chi connectivity index (χ4v) is 7.15. The van der Waals surface area contributed by atoms with Crippen LogP contribution in [0.15, 0.2) is 75.6 Å². The summed E-state index contributed by atoms with van der Waals surface area (Å²) < 4.78 is 30.4. The lowest BCUT2D eigenvalue weighted by atomic mass is 9.94. The third kappa shape index (κ3) is 4.88. The van der Waals surface area contributed by atoms with Gasteiger partial charge in [0.25, 0.3) is 5.91 Å². The van der Waals surface area contributed by atoms with Gasteiger partial charge < -0.3 is 5.73 Å². The number of hydrogen-bond donors (Lipinski definition) is 1. The molecular weight excluding hydrogens is 494 g/mol. The first kappa shape index (κ1) is 24.5. The van der Waals surface area contributed by atoms with Crippen molar-refractivity contribution >= 4 is 38.9 Å². The van der Waals surface area contributed by atoms with Crippen molar-refractivity contribution in [2.24, 2.45) is 22.6 Å². The van der Waals surface area contributed by atoms with Gasteiger partial charge in [0.15, 0.2) is 5.17 Å². The maximum Gasteiger partial charge on any atom is 0.286 e. The number of aliphatic imine (C=N–C) groups is 1. The molecule has 2 N–H and O–H groups in total. The van der Waals surface area contributed by atoms with Gasteiger partial charge >= 0.3 is 0 Å². The molecule has 10 heteroatoms. The fraction of sp³-hybridized carbons (Fsp3) is 0.269. The molecule has 3 heterocycles. The van der Waals surface area contributed by atoms with Crippen molar-refractivity contribution in [2.45, 2.75) is 25.2 Å². The third-order valence-corrected chi connectivity index (χ3v) is 8.91. The van der Waals surface area contributed by atoms with E-state index in [1.165, 1.54) is 0 Å². The molecule has 5 rings (SSSR count). The van der Waals surface area contributed by atoms with Crippen LogP contribution in [0.3, 0.4) is 0 Å². The average molecular weight is 522 g/mol. The normalized spacial score (nSPS) is 22.2. The SMILES string of the molecule is CC1CC(C)CN(S(=O)(=O)c2cccc(-c3nn(-c4ccccc4)cc3/C=C3\SC(N)=NC3=O)c2)C1. The number of piperidine rings is 1. The van der Waals surface area contributed by atoms with Crippen LogP contribution in [0.1, 0.15) is 25.8 Å². The molecule has 1 amide bonds. The summed E-state index contributed by atoms with van der Waals surface area (Å²) in [5.41, 5.74) is 8.43. The highest BCUT2D eigenvalue weighted by atomic mass is 32.2. The summed E-state index contributed by atoms with van der Waals surface area (Å²) in [5, 5.41) is 4.97. The quantitative estimate of drug-likeness (QED) is 0.506. The molecule has 2 unspecified atom stereocenters. The van der Waals surface area contributed by atoms with Crippen LogP contribution in [0.25, 0.3) is 23.0 Å². The smallest absolute Gasteiger partial charge is 0.286 e. The second kappa shape index (κ2) is 9.68. The van der Waals surface area contributed by atoms with Gasteiger partial charge in [-0.2, -0.15) is 14.4 Å². The molecule has 0 radical (unpaired) electrons. The highest BCUT2D eigenvalue weighted by Gasteiger charge is 2.32. The lowest BCUT2D eigenvalue weighted by molar-refractivity contribution is -0.113. The van der Waals surface area contributed by atoms with Crippen LogP contribution in [0.2, 0.25) is 0 Å². The number of amidine groups is 1.